The molecular weight excluding hydrogens is 212 g/mol. The summed E-state index contributed by atoms with van der Waals surface area (Å²) in [5, 5.41) is 0. The molecule has 0 aliphatic heterocycles. The predicted molar refractivity (Wildman–Crippen MR) is 67.4 cm³/mol. The van der Waals surface area contributed by atoms with E-state index in [-0.39, 0.29) is 11.9 Å². The van der Waals surface area contributed by atoms with Crippen molar-refractivity contribution in [2.75, 3.05) is 0 Å². The van der Waals surface area contributed by atoms with Gasteiger partial charge in [-0.2, -0.15) is 0 Å². The summed E-state index contributed by atoms with van der Waals surface area (Å²) in [6.45, 7) is 3.50. The third-order valence-electron chi connectivity index (χ3n) is 2.74. The molecule has 0 radical (unpaired) electrons. The van der Waals surface area contributed by atoms with Gasteiger partial charge in [0.1, 0.15) is 5.76 Å². The molecule has 0 saturated carbocycles. The minimum Gasteiger partial charge on any atom is -0.431 e. The Labute approximate surface area is 102 Å². The SMILES string of the molecule is CC(=O)OC1=CC(c2ccccc2)C=C(C)C1. The van der Waals surface area contributed by atoms with Crippen molar-refractivity contribution >= 4 is 5.97 Å². The van der Waals surface area contributed by atoms with Crippen molar-refractivity contribution in [1.29, 1.82) is 0 Å². The molecule has 0 amide bonds. The summed E-state index contributed by atoms with van der Waals surface area (Å²) in [6, 6.07) is 10.2. The fourth-order valence-corrected chi connectivity index (χ4v) is 2.07. The van der Waals surface area contributed by atoms with Gasteiger partial charge in [0, 0.05) is 19.3 Å². The van der Waals surface area contributed by atoms with Gasteiger partial charge in [-0.25, -0.2) is 0 Å². The number of ether oxygens (including phenoxy) is 1. The van der Waals surface area contributed by atoms with E-state index in [2.05, 4.69) is 25.1 Å². The van der Waals surface area contributed by atoms with E-state index in [1.807, 2.05) is 24.3 Å². The van der Waals surface area contributed by atoms with Crippen LogP contribution in [0.3, 0.4) is 0 Å². The fourth-order valence-electron chi connectivity index (χ4n) is 2.07. The second-order valence-corrected chi connectivity index (χ2v) is 4.35. The van der Waals surface area contributed by atoms with Crippen LogP contribution < -0.4 is 0 Å². The van der Waals surface area contributed by atoms with E-state index < -0.39 is 0 Å². The van der Waals surface area contributed by atoms with Crippen LogP contribution in [0, 0.1) is 0 Å². The minimum atomic E-state index is -0.252. The van der Waals surface area contributed by atoms with Gasteiger partial charge >= 0.3 is 5.97 Å². The molecule has 17 heavy (non-hydrogen) atoms. The summed E-state index contributed by atoms with van der Waals surface area (Å²) in [7, 11) is 0. The Balaban J connectivity index is 2.24. The molecular formula is C15H16O2. The molecule has 0 aromatic heterocycles. The number of esters is 1. The van der Waals surface area contributed by atoms with Crippen LogP contribution in [0.2, 0.25) is 0 Å². The maximum atomic E-state index is 11.0. The molecule has 0 N–H and O–H groups in total. The van der Waals surface area contributed by atoms with Crippen molar-refractivity contribution in [1.82, 2.24) is 0 Å². The second kappa shape index (κ2) is 5.00. The van der Waals surface area contributed by atoms with Crippen molar-refractivity contribution in [3.8, 4) is 0 Å². The Morgan fingerprint density at radius 3 is 2.59 bits per heavy atom. The lowest BCUT2D eigenvalue weighted by molar-refractivity contribution is -0.137. The first-order valence-electron chi connectivity index (χ1n) is 5.76. The van der Waals surface area contributed by atoms with Gasteiger partial charge in [0.25, 0.3) is 0 Å². The molecule has 1 aliphatic carbocycles. The van der Waals surface area contributed by atoms with Gasteiger partial charge < -0.3 is 4.74 Å². The van der Waals surface area contributed by atoms with Crippen LogP contribution in [0.25, 0.3) is 0 Å². The number of benzene rings is 1. The predicted octanol–water partition coefficient (Wildman–Crippen LogP) is 3.57. The molecule has 2 heteroatoms. The first-order valence-corrected chi connectivity index (χ1v) is 5.76. The fraction of sp³-hybridized carbons (Fsp3) is 0.267. The van der Waals surface area contributed by atoms with Gasteiger partial charge in [0.05, 0.1) is 0 Å². The summed E-state index contributed by atoms with van der Waals surface area (Å²) >= 11 is 0. The monoisotopic (exact) mass is 228 g/mol. The van der Waals surface area contributed by atoms with E-state index in [0.29, 0.717) is 0 Å². The number of hydrogen-bond acceptors (Lipinski definition) is 2. The van der Waals surface area contributed by atoms with Crippen LogP contribution in [0.5, 0.6) is 0 Å². The Kier molecular flexibility index (Phi) is 3.43. The smallest absolute Gasteiger partial charge is 0.307 e. The molecule has 1 aliphatic rings. The van der Waals surface area contributed by atoms with Crippen LogP contribution in [0.4, 0.5) is 0 Å². The summed E-state index contributed by atoms with van der Waals surface area (Å²) < 4.78 is 5.19. The maximum Gasteiger partial charge on any atom is 0.307 e. The summed E-state index contributed by atoms with van der Waals surface area (Å²) in [6.07, 6.45) is 4.95. The van der Waals surface area contributed by atoms with Crippen molar-refractivity contribution in [2.24, 2.45) is 0 Å². The highest BCUT2D eigenvalue weighted by atomic mass is 16.5. The minimum absolute atomic E-state index is 0.208. The lowest BCUT2D eigenvalue weighted by Crippen LogP contribution is -2.06. The second-order valence-electron chi connectivity index (χ2n) is 4.35. The molecule has 0 spiro atoms. The Bertz CT molecular complexity index is 465. The average Bonchev–Trinajstić information content (AvgIpc) is 2.28. The third-order valence-corrected chi connectivity index (χ3v) is 2.74. The first-order chi connectivity index (χ1) is 8.15. The molecule has 2 rings (SSSR count). The van der Waals surface area contributed by atoms with Gasteiger partial charge in [0.15, 0.2) is 0 Å². The van der Waals surface area contributed by atoms with Gasteiger partial charge in [-0.05, 0) is 18.6 Å². The molecule has 1 unspecified atom stereocenters. The van der Waals surface area contributed by atoms with Crippen molar-refractivity contribution < 1.29 is 9.53 Å². The number of carbonyl (C=O) groups is 1. The highest BCUT2D eigenvalue weighted by Gasteiger charge is 2.15. The number of rotatable bonds is 2. The van der Waals surface area contributed by atoms with Gasteiger partial charge in [-0.15, -0.1) is 0 Å². The molecule has 2 nitrogen and oxygen atoms in total. The van der Waals surface area contributed by atoms with Crippen LogP contribution in [0.1, 0.15) is 31.7 Å². The summed E-state index contributed by atoms with van der Waals surface area (Å²) in [4.78, 5) is 11.0. The molecule has 88 valence electrons. The van der Waals surface area contributed by atoms with Crippen LogP contribution >= 0.6 is 0 Å². The largest absolute Gasteiger partial charge is 0.431 e. The van der Waals surface area contributed by atoms with Gasteiger partial charge in [-0.3, -0.25) is 4.79 Å². The Morgan fingerprint density at radius 1 is 1.24 bits per heavy atom. The highest BCUT2D eigenvalue weighted by Crippen LogP contribution is 2.29. The lowest BCUT2D eigenvalue weighted by atomic mass is 9.91. The van der Waals surface area contributed by atoms with E-state index in [9.17, 15) is 4.79 Å². The summed E-state index contributed by atoms with van der Waals surface area (Å²) in [5.74, 6) is 0.711. The van der Waals surface area contributed by atoms with Crippen molar-refractivity contribution in [3.05, 3.63) is 59.4 Å². The normalized spacial score (nSPS) is 19.3. The molecule has 0 fully saturated rings. The van der Waals surface area contributed by atoms with E-state index in [1.54, 1.807) is 0 Å². The van der Waals surface area contributed by atoms with Crippen molar-refractivity contribution in [2.45, 2.75) is 26.2 Å². The number of carbonyl (C=O) groups excluding carboxylic acids is 1. The third kappa shape index (κ3) is 3.06. The molecule has 1 aromatic carbocycles. The topological polar surface area (TPSA) is 26.3 Å². The van der Waals surface area contributed by atoms with Gasteiger partial charge in [-0.1, -0.05) is 42.0 Å². The molecule has 1 atom stereocenters. The number of allylic oxidation sites excluding steroid dienone is 3. The molecule has 0 bridgehead atoms. The first kappa shape index (κ1) is 11.6. The van der Waals surface area contributed by atoms with Crippen LogP contribution in [-0.4, -0.2) is 5.97 Å². The van der Waals surface area contributed by atoms with E-state index in [1.165, 1.54) is 18.1 Å². The lowest BCUT2D eigenvalue weighted by Gasteiger charge is -2.19. The van der Waals surface area contributed by atoms with E-state index in [0.717, 1.165) is 12.2 Å². The Hall–Kier alpha value is -1.83. The zero-order valence-electron chi connectivity index (χ0n) is 10.1. The molecule has 0 saturated heterocycles. The quantitative estimate of drug-likeness (QED) is 0.571. The van der Waals surface area contributed by atoms with E-state index >= 15 is 0 Å². The van der Waals surface area contributed by atoms with Gasteiger partial charge in [0.2, 0.25) is 0 Å². The molecule has 0 heterocycles. The Morgan fingerprint density at radius 2 is 1.94 bits per heavy atom. The zero-order valence-corrected chi connectivity index (χ0v) is 10.1. The van der Waals surface area contributed by atoms with E-state index in [4.69, 9.17) is 4.74 Å². The van der Waals surface area contributed by atoms with Crippen LogP contribution in [-0.2, 0) is 9.53 Å². The highest BCUT2D eigenvalue weighted by molar-refractivity contribution is 5.67. The maximum absolute atomic E-state index is 11.0. The zero-order chi connectivity index (χ0) is 12.3. The summed E-state index contributed by atoms with van der Waals surface area (Å²) in [5.41, 5.74) is 2.45. The number of hydrogen-bond donors (Lipinski definition) is 0. The standard InChI is InChI=1S/C15H16O2/c1-11-8-14(13-6-4-3-5-7-13)10-15(9-11)17-12(2)16/h3-8,10,14H,9H2,1-2H3. The average molecular weight is 228 g/mol. The van der Waals surface area contributed by atoms with Crippen LogP contribution in [0.15, 0.2) is 53.8 Å². The van der Waals surface area contributed by atoms with Crippen molar-refractivity contribution in [3.63, 3.8) is 0 Å². The molecule has 1 aromatic rings.